The minimum absolute atomic E-state index is 0.211. The molecule has 6 heteroatoms. The molecule has 0 saturated carbocycles. The molecule has 0 atom stereocenters. The van der Waals surface area contributed by atoms with E-state index in [2.05, 4.69) is 4.98 Å². The minimum Gasteiger partial charge on any atom is -0.478 e. The number of aromatic nitrogens is 1. The maximum absolute atomic E-state index is 13.0. The molecule has 3 aromatic carbocycles. The summed E-state index contributed by atoms with van der Waals surface area (Å²) >= 11 is 0. The van der Waals surface area contributed by atoms with E-state index in [1.165, 1.54) is 6.20 Å². The first-order valence-corrected chi connectivity index (χ1v) is 11.3. The normalized spacial score (nSPS) is 11.4. The molecule has 1 heterocycles. The highest BCUT2D eigenvalue weighted by Crippen LogP contribution is 2.37. The molecule has 0 aliphatic heterocycles. The highest BCUT2D eigenvalue weighted by Gasteiger charge is 2.32. The van der Waals surface area contributed by atoms with Gasteiger partial charge in [0.15, 0.2) is 0 Å². The Kier molecular flexibility index (Phi) is 7.01. The third-order valence-corrected chi connectivity index (χ3v) is 6.04. The quantitative estimate of drug-likeness (QED) is 0.299. The number of carboxylic acids is 1. The van der Waals surface area contributed by atoms with Crippen LogP contribution in [0.15, 0.2) is 85.1 Å². The lowest BCUT2D eigenvalue weighted by Gasteiger charge is -2.17. The molecule has 0 saturated heterocycles. The summed E-state index contributed by atoms with van der Waals surface area (Å²) in [6.45, 7) is 1.99. The van der Waals surface area contributed by atoms with Crippen LogP contribution >= 0.6 is 0 Å². The zero-order valence-corrected chi connectivity index (χ0v) is 19.1. The highest BCUT2D eigenvalue weighted by molar-refractivity contribution is 5.94. The van der Waals surface area contributed by atoms with E-state index in [-0.39, 0.29) is 5.56 Å². The van der Waals surface area contributed by atoms with Gasteiger partial charge in [0.25, 0.3) is 0 Å². The molecule has 0 radical (unpaired) electrons. The van der Waals surface area contributed by atoms with Crippen molar-refractivity contribution in [2.75, 3.05) is 0 Å². The largest absolute Gasteiger partial charge is 0.478 e. The van der Waals surface area contributed by atoms with Gasteiger partial charge >= 0.3 is 12.1 Å². The summed E-state index contributed by atoms with van der Waals surface area (Å²) in [7, 11) is 0. The number of carboxylic acid groups (broad SMARTS) is 1. The van der Waals surface area contributed by atoms with E-state index in [1.807, 2.05) is 61.5 Å². The number of carbonyl (C=O) groups is 1. The molecule has 0 spiro atoms. The van der Waals surface area contributed by atoms with Crippen LogP contribution in [0.25, 0.3) is 22.3 Å². The van der Waals surface area contributed by atoms with Gasteiger partial charge in [-0.1, -0.05) is 54.6 Å². The SMILES string of the molecule is Cc1ccccc1-c1cc(C(=O)O)ccc1-c1ccccc1CCCc1ccnc(C(F)(F)F)c1. The van der Waals surface area contributed by atoms with E-state index in [9.17, 15) is 23.1 Å². The molecule has 4 rings (SSSR count). The van der Waals surface area contributed by atoms with Crippen molar-refractivity contribution in [3.63, 3.8) is 0 Å². The predicted molar refractivity (Wildman–Crippen MR) is 130 cm³/mol. The number of alkyl halides is 3. The van der Waals surface area contributed by atoms with Crippen LogP contribution in [0.1, 0.15) is 39.2 Å². The molecule has 178 valence electrons. The molecule has 0 aliphatic carbocycles. The van der Waals surface area contributed by atoms with Crippen LogP contribution in [-0.4, -0.2) is 16.1 Å². The summed E-state index contributed by atoms with van der Waals surface area (Å²) in [5, 5.41) is 9.56. The Bertz CT molecular complexity index is 1360. The third-order valence-electron chi connectivity index (χ3n) is 6.04. The molecule has 1 N–H and O–H groups in total. The van der Waals surface area contributed by atoms with Crippen molar-refractivity contribution in [2.24, 2.45) is 0 Å². The smallest absolute Gasteiger partial charge is 0.433 e. The molecule has 0 unspecified atom stereocenters. The monoisotopic (exact) mass is 475 g/mol. The molecular weight excluding hydrogens is 451 g/mol. The molecule has 0 aliphatic rings. The second kappa shape index (κ2) is 10.1. The molecule has 0 bridgehead atoms. The summed E-state index contributed by atoms with van der Waals surface area (Å²) in [6, 6.07) is 23.6. The Hall–Kier alpha value is -3.93. The Morgan fingerprint density at radius 2 is 1.54 bits per heavy atom. The summed E-state index contributed by atoms with van der Waals surface area (Å²) in [5.74, 6) is -0.991. The van der Waals surface area contributed by atoms with Crippen molar-refractivity contribution < 1.29 is 23.1 Å². The Morgan fingerprint density at radius 1 is 0.829 bits per heavy atom. The Labute approximate surface area is 201 Å². The first-order chi connectivity index (χ1) is 16.7. The number of aromatic carboxylic acids is 1. The summed E-state index contributed by atoms with van der Waals surface area (Å²) in [6.07, 6.45) is -1.46. The maximum Gasteiger partial charge on any atom is 0.433 e. The van der Waals surface area contributed by atoms with Gasteiger partial charge in [-0.3, -0.25) is 4.98 Å². The second-order valence-corrected chi connectivity index (χ2v) is 8.44. The van der Waals surface area contributed by atoms with Crippen LogP contribution in [0.4, 0.5) is 13.2 Å². The van der Waals surface area contributed by atoms with Crippen LogP contribution < -0.4 is 0 Å². The third kappa shape index (κ3) is 5.60. The van der Waals surface area contributed by atoms with Crippen molar-refractivity contribution in [2.45, 2.75) is 32.4 Å². The molecule has 0 amide bonds. The summed E-state index contributed by atoms with van der Waals surface area (Å²) in [5.41, 5.74) is 5.70. The van der Waals surface area contributed by atoms with E-state index < -0.39 is 17.8 Å². The molecule has 4 aromatic rings. The summed E-state index contributed by atoms with van der Waals surface area (Å²) in [4.78, 5) is 15.1. The highest BCUT2D eigenvalue weighted by atomic mass is 19.4. The topological polar surface area (TPSA) is 50.2 Å². The molecule has 3 nitrogen and oxygen atoms in total. The number of rotatable bonds is 7. The van der Waals surface area contributed by atoms with Crippen molar-refractivity contribution in [1.82, 2.24) is 4.98 Å². The van der Waals surface area contributed by atoms with Gasteiger partial charge < -0.3 is 5.11 Å². The van der Waals surface area contributed by atoms with Crippen molar-refractivity contribution in [3.8, 4) is 22.3 Å². The first kappa shape index (κ1) is 24.2. The molecule has 35 heavy (non-hydrogen) atoms. The lowest BCUT2D eigenvalue weighted by Crippen LogP contribution is -2.08. The Morgan fingerprint density at radius 3 is 2.26 bits per heavy atom. The number of aryl methyl sites for hydroxylation is 3. The zero-order valence-electron chi connectivity index (χ0n) is 19.1. The van der Waals surface area contributed by atoms with Gasteiger partial charge in [-0.05, 0) is 89.4 Å². The average molecular weight is 476 g/mol. The van der Waals surface area contributed by atoms with Crippen LogP contribution in [0.5, 0.6) is 0 Å². The molecule has 0 fully saturated rings. The minimum atomic E-state index is -4.46. The van der Waals surface area contributed by atoms with Gasteiger partial charge in [-0.15, -0.1) is 0 Å². The number of hydrogen-bond acceptors (Lipinski definition) is 2. The fraction of sp³-hybridized carbons (Fsp3) is 0.172. The summed E-state index contributed by atoms with van der Waals surface area (Å²) < 4.78 is 38.9. The van der Waals surface area contributed by atoms with Gasteiger partial charge in [0.05, 0.1) is 5.56 Å². The van der Waals surface area contributed by atoms with Crippen LogP contribution in [0.3, 0.4) is 0 Å². The van der Waals surface area contributed by atoms with Gasteiger partial charge in [0.2, 0.25) is 0 Å². The van der Waals surface area contributed by atoms with Crippen molar-refractivity contribution in [1.29, 1.82) is 0 Å². The van der Waals surface area contributed by atoms with Crippen LogP contribution in [-0.2, 0) is 19.0 Å². The average Bonchev–Trinajstić information content (AvgIpc) is 2.84. The number of halogens is 3. The Balaban J connectivity index is 1.66. The van der Waals surface area contributed by atoms with E-state index in [0.717, 1.165) is 39.4 Å². The van der Waals surface area contributed by atoms with Gasteiger partial charge in [0, 0.05) is 6.20 Å². The van der Waals surface area contributed by atoms with E-state index >= 15 is 0 Å². The fourth-order valence-electron chi connectivity index (χ4n) is 4.28. The van der Waals surface area contributed by atoms with Crippen LogP contribution in [0.2, 0.25) is 0 Å². The number of nitrogens with zero attached hydrogens (tertiary/aromatic N) is 1. The number of pyridine rings is 1. The van der Waals surface area contributed by atoms with Crippen molar-refractivity contribution >= 4 is 5.97 Å². The van der Waals surface area contributed by atoms with Crippen molar-refractivity contribution in [3.05, 3.63) is 113 Å². The standard InChI is InChI=1S/C29H24F3NO2/c1-19-7-2-4-11-23(19)26-18-22(28(34)35)13-14-25(26)24-12-5-3-9-21(24)10-6-8-20-15-16-33-27(17-20)29(30,31)32/h2-5,7,9,11-18H,6,8,10H2,1H3,(H,34,35). The molecular formula is C29H24F3NO2. The zero-order chi connectivity index (χ0) is 25.0. The van der Waals surface area contributed by atoms with E-state index in [4.69, 9.17) is 0 Å². The lowest BCUT2D eigenvalue weighted by molar-refractivity contribution is -0.141. The van der Waals surface area contributed by atoms with Gasteiger partial charge in [-0.25, -0.2) is 4.79 Å². The second-order valence-electron chi connectivity index (χ2n) is 8.44. The number of hydrogen-bond donors (Lipinski definition) is 1. The predicted octanol–water partition coefficient (Wildman–Crippen LogP) is 7.62. The van der Waals surface area contributed by atoms with Crippen LogP contribution in [0, 0.1) is 6.92 Å². The van der Waals surface area contributed by atoms with E-state index in [0.29, 0.717) is 24.8 Å². The fourth-order valence-corrected chi connectivity index (χ4v) is 4.28. The van der Waals surface area contributed by atoms with Gasteiger partial charge in [-0.2, -0.15) is 13.2 Å². The lowest BCUT2D eigenvalue weighted by atomic mass is 9.87. The first-order valence-electron chi connectivity index (χ1n) is 11.3. The van der Waals surface area contributed by atoms with Gasteiger partial charge in [0.1, 0.15) is 5.69 Å². The number of benzene rings is 3. The van der Waals surface area contributed by atoms with E-state index in [1.54, 1.807) is 18.2 Å². The molecule has 1 aromatic heterocycles. The maximum atomic E-state index is 13.0.